The molecular weight excluding hydrogens is 805 g/mol. The molecule has 386 valence electrons. The van der Waals surface area contributed by atoms with Gasteiger partial charge in [0.2, 0.25) is 0 Å². The van der Waals surface area contributed by atoms with Gasteiger partial charge in [-0.1, -0.05) is 303 Å². The monoisotopic (exact) mass is 919 g/mol. The second-order valence-electron chi connectivity index (χ2n) is 20.3. The highest BCUT2D eigenvalue weighted by Gasteiger charge is 2.19. The summed E-state index contributed by atoms with van der Waals surface area (Å²) in [7, 11) is 0. The number of carbonyl (C=O) groups is 3. The minimum Gasteiger partial charge on any atom is -0.462 e. The molecular formula is C59H114O6. The van der Waals surface area contributed by atoms with E-state index >= 15 is 0 Å². The van der Waals surface area contributed by atoms with E-state index in [2.05, 4.69) is 20.8 Å². The second kappa shape index (κ2) is 55.0. The lowest BCUT2D eigenvalue weighted by molar-refractivity contribution is -0.167. The smallest absolute Gasteiger partial charge is 0.306 e. The van der Waals surface area contributed by atoms with Gasteiger partial charge in [0.15, 0.2) is 6.10 Å². The van der Waals surface area contributed by atoms with Crippen LogP contribution in [-0.4, -0.2) is 37.2 Å². The molecule has 0 saturated heterocycles. The van der Waals surface area contributed by atoms with Crippen molar-refractivity contribution < 1.29 is 28.6 Å². The first kappa shape index (κ1) is 63.4. The quantitative estimate of drug-likeness (QED) is 0.0344. The molecule has 0 amide bonds. The van der Waals surface area contributed by atoms with Crippen LogP contribution in [0, 0.1) is 0 Å². The van der Waals surface area contributed by atoms with Crippen LogP contribution in [0.15, 0.2) is 0 Å². The molecule has 0 spiro atoms. The Morgan fingerprint density at radius 3 is 0.615 bits per heavy atom. The number of ether oxygens (including phenoxy) is 3. The third kappa shape index (κ3) is 53.2. The maximum absolute atomic E-state index is 12.8. The van der Waals surface area contributed by atoms with Gasteiger partial charge in [0.25, 0.3) is 0 Å². The summed E-state index contributed by atoms with van der Waals surface area (Å²) in [6.07, 6.45) is 60.9. The second-order valence-corrected chi connectivity index (χ2v) is 20.3. The molecule has 0 aliphatic heterocycles. The average Bonchev–Trinajstić information content (AvgIpc) is 3.30. The summed E-state index contributed by atoms with van der Waals surface area (Å²) in [5.74, 6) is -0.830. The van der Waals surface area contributed by atoms with E-state index in [1.165, 1.54) is 244 Å². The van der Waals surface area contributed by atoms with E-state index in [0.717, 1.165) is 57.8 Å². The van der Waals surface area contributed by atoms with E-state index < -0.39 is 6.10 Å². The fraction of sp³-hybridized carbons (Fsp3) is 0.949. The molecule has 0 bridgehead atoms. The van der Waals surface area contributed by atoms with E-state index in [1.807, 2.05) is 0 Å². The fourth-order valence-electron chi connectivity index (χ4n) is 9.15. The third-order valence-corrected chi connectivity index (χ3v) is 13.6. The van der Waals surface area contributed by atoms with Gasteiger partial charge in [-0.2, -0.15) is 0 Å². The minimum absolute atomic E-state index is 0.0609. The van der Waals surface area contributed by atoms with Crippen LogP contribution in [0.25, 0.3) is 0 Å². The standard InChI is InChI=1S/C59H114O6/c1-4-7-10-13-16-19-22-25-27-29-30-32-34-37-40-43-46-49-52-58(61)64-55-56(54-63-57(60)51-48-45-42-39-36-33-24-21-18-15-12-9-6-3)65-59(62)53-50-47-44-41-38-35-31-28-26-23-20-17-14-11-8-5-2/h56H,4-55H2,1-3H3/t56-/m0/s1. The molecule has 6 nitrogen and oxygen atoms in total. The first-order chi connectivity index (χ1) is 32.0. The van der Waals surface area contributed by atoms with Crippen molar-refractivity contribution in [2.45, 2.75) is 348 Å². The first-order valence-corrected chi connectivity index (χ1v) is 29.5. The van der Waals surface area contributed by atoms with Crippen LogP contribution in [0.1, 0.15) is 342 Å². The molecule has 0 aliphatic carbocycles. The Hall–Kier alpha value is -1.59. The van der Waals surface area contributed by atoms with Crippen molar-refractivity contribution in [1.82, 2.24) is 0 Å². The molecule has 0 unspecified atom stereocenters. The summed E-state index contributed by atoms with van der Waals surface area (Å²) in [4.78, 5) is 38.1. The van der Waals surface area contributed by atoms with Crippen molar-refractivity contribution in [2.24, 2.45) is 0 Å². The molecule has 0 N–H and O–H groups in total. The average molecular weight is 920 g/mol. The molecule has 0 fully saturated rings. The van der Waals surface area contributed by atoms with Crippen LogP contribution in [0.3, 0.4) is 0 Å². The molecule has 0 aliphatic rings. The van der Waals surface area contributed by atoms with Crippen LogP contribution < -0.4 is 0 Å². The molecule has 0 aromatic rings. The Bertz CT molecular complexity index is 967. The maximum atomic E-state index is 12.8. The van der Waals surface area contributed by atoms with Crippen LogP contribution in [0.5, 0.6) is 0 Å². The summed E-state index contributed by atoms with van der Waals surface area (Å²) < 4.78 is 16.9. The van der Waals surface area contributed by atoms with E-state index in [9.17, 15) is 14.4 Å². The first-order valence-electron chi connectivity index (χ1n) is 29.5. The number of carbonyl (C=O) groups excluding carboxylic acids is 3. The Labute approximate surface area is 406 Å². The van der Waals surface area contributed by atoms with Crippen LogP contribution >= 0.6 is 0 Å². The van der Waals surface area contributed by atoms with Crippen molar-refractivity contribution in [3.05, 3.63) is 0 Å². The van der Waals surface area contributed by atoms with Gasteiger partial charge in [-0.3, -0.25) is 14.4 Å². The summed E-state index contributed by atoms with van der Waals surface area (Å²) in [6.45, 7) is 6.71. The zero-order chi connectivity index (χ0) is 47.2. The van der Waals surface area contributed by atoms with Gasteiger partial charge >= 0.3 is 17.9 Å². The molecule has 1 atom stereocenters. The summed E-state index contributed by atoms with van der Waals surface area (Å²) in [6, 6.07) is 0. The molecule has 0 rings (SSSR count). The van der Waals surface area contributed by atoms with E-state index in [1.54, 1.807) is 0 Å². The number of hydrogen-bond donors (Lipinski definition) is 0. The third-order valence-electron chi connectivity index (χ3n) is 13.6. The Morgan fingerprint density at radius 2 is 0.415 bits per heavy atom. The highest BCUT2D eigenvalue weighted by Crippen LogP contribution is 2.18. The van der Waals surface area contributed by atoms with Crippen molar-refractivity contribution in [3.8, 4) is 0 Å². The summed E-state index contributed by atoms with van der Waals surface area (Å²) >= 11 is 0. The molecule has 65 heavy (non-hydrogen) atoms. The van der Waals surface area contributed by atoms with Crippen molar-refractivity contribution in [1.29, 1.82) is 0 Å². The Morgan fingerprint density at radius 1 is 0.246 bits per heavy atom. The van der Waals surface area contributed by atoms with Crippen LogP contribution in [0.4, 0.5) is 0 Å². The lowest BCUT2D eigenvalue weighted by atomic mass is 10.0. The number of unbranched alkanes of at least 4 members (excludes halogenated alkanes) is 44. The van der Waals surface area contributed by atoms with Gasteiger partial charge in [-0.15, -0.1) is 0 Å². The van der Waals surface area contributed by atoms with Gasteiger partial charge < -0.3 is 14.2 Å². The lowest BCUT2D eigenvalue weighted by Crippen LogP contribution is -2.30. The highest BCUT2D eigenvalue weighted by atomic mass is 16.6. The molecule has 0 heterocycles. The van der Waals surface area contributed by atoms with Crippen molar-refractivity contribution in [2.75, 3.05) is 13.2 Å². The predicted molar refractivity (Wildman–Crippen MR) is 280 cm³/mol. The Kier molecular flexibility index (Phi) is 53.7. The van der Waals surface area contributed by atoms with Crippen LogP contribution in [0.2, 0.25) is 0 Å². The number of hydrogen-bond acceptors (Lipinski definition) is 6. The Balaban J connectivity index is 4.27. The summed E-state index contributed by atoms with van der Waals surface area (Å²) in [5.41, 5.74) is 0. The molecule has 0 aromatic carbocycles. The van der Waals surface area contributed by atoms with Gasteiger partial charge in [0, 0.05) is 19.3 Å². The zero-order valence-electron chi connectivity index (χ0n) is 44.3. The molecule has 0 aromatic heterocycles. The topological polar surface area (TPSA) is 78.9 Å². The van der Waals surface area contributed by atoms with Crippen molar-refractivity contribution >= 4 is 17.9 Å². The van der Waals surface area contributed by atoms with Gasteiger partial charge in [0.05, 0.1) is 0 Å². The largest absolute Gasteiger partial charge is 0.462 e. The van der Waals surface area contributed by atoms with E-state index in [4.69, 9.17) is 14.2 Å². The predicted octanol–water partition coefficient (Wildman–Crippen LogP) is 19.5. The van der Waals surface area contributed by atoms with E-state index in [-0.39, 0.29) is 31.1 Å². The zero-order valence-corrected chi connectivity index (χ0v) is 44.3. The molecule has 0 saturated carbocycles. The number of rotatable bonds is 55. The minimum atomic E-state index is -0.761. The van der Waals surface area contributed by atoms with Gasteiger partial charge in [-0.05, 0) is 19.3 Å². The van der Waals surface area contributed by atoms with Crippen LogP contribution in [-0.2, 0) is 28.6 Å². The normalized spacial score (nSPS) is 11.9. The molecule has 0 radical (unpaired) electrons. The maximum Gasteiger partial charge on any atom is 0.306 e. The van der Waals surface area contributed by atoms with Gasteiger partial charge in [-0.25, -0.2) is 0 Å². The molecule has 6 heteroatoms. The SMILES string of the molecule is CCCCCCCCCCCCCCCCCCCCC(=O)OC[C@H](COC(=O)CCCCCCCCCCCCCCC)OC(=O)CCCCCCCCCCCCCCCCCC. The summed E-state index contributed by atoms with van der Waals surface area (Å²) in [5, 5.41) is 0. The highest BCUT2D eigenvalue weighted by molar-refractivity contribution is 5.71. The van der Waals surface area contributed by atoms with E-state index in [0.29, 0.717) is 19.3 Å². The number of esters is 3. The lowest BCUT2D eigenvalue weighted by Gasteiger charge is -2.18. The van der Waals surface area contributed by atoms with Gasteiger partial charge in [0.1, 0.15) is 13.2 Å². The fourth-order valence-corrected chi connectivity index (χ4v) is 9.15. The van der Waals surface area contributed by atoms with Crippen molar-refractivity contribution in [3.63, 3.8) is 0 Å².